The molecule has 21 heavy (non-hydrogen) atoms. The lowest BCUT2D eigenvalue weighted by atomic mass is 9.98. The summed E-state index contributed by atoms with van der Waals surface area (Å²) in [5.41, 5.74) is 17.2. The van der Waals surface area contributed by atoms with Crippen molar-refractivity contribution in [3.8, 4) is 0 Å². The van der Waals surface area contributed by atoms with E-state index in [1.807, 2.05) is 6.07 Å². The highest BCUT2D eigenvalue weighted by molar-refractivity contribution is 5.95. The van der Waals surface area contributed by atoms with E-state index in [4.69, 9.17) is 11.5 Å². The Labute approximate surface area is 124 Å². The maximum atomic E-state index is 11.2. The number of hydrogen-bond donors (Lipinski definition) is 2. The fraction of sp³-hybridized carbons (Fsp3) is 0.235. The molecule has 2 aromatic carbocycles. The second kappa shape index (κ2) is 5.13. The summed E-state index contributed by atoms with van der Waals surface area (Å²) in [5.74, 6) is -0.456. The van der Waals surface area contributed by atoms with Gasteiger partial charge in [0.2, 0.25) is 5.91 Å². The molecule has 0 radical (unpaired) electrons. The summed E-state index contributed by atoms with van der Waals surface area (Å²) in [4.78, 5) is 13.5. The molecule has 0 spiro atoms. The summed E-state index contributed by atoms with van der Waals surface area (Å²) in [6.07, 6.45) is 2.18. The second-order valence-corrected chi connectivity index (χ2v) is 5.53. The number of carbonyl (C=O) groups is 1. The standard InChI is InChI=1S/C17H19N3O/c1-11-4-6-15-12(9-11)3-2-8-20(15)16-7-5-13(17(19)21)10-14(16)18/h4-7,9-10H,2-3,8,18H2,1H3,(H2,19,21). The van der Waals surface area contributed by atoms with Crippen LogP contribution in [0.25, 0.3) is 0 Å². The zero-order valence-corrected chi connectivity index (χ0v) is 12.1. The lowest BCUT2D eigenvalue weighted by Gasteiger charge is -2.32. The maximum Gasteiger partial charge on any atom is 0.248 e. The van der Waals surface area contributed by atoms with E-state index in [0.29, 0.717) is 11.3 Å². The molecular formula is C17H19N3O. The van der Waals surface area contributed by atoms with E-state index in [1.54, 1.807) is 12.1 Å². The number of primary amides is 1. The topological polar surface area (TPSA) is 72.3 Å². The van der Waals surface area contributed by atoms with Gasteiger partial charge in [-0.1, -0.05) is 17.7 Å². The summed E-state index contributed by atoms with van der Waals surface area (Å²) in [7, 11) is 0. The molecule has 0 fully saturated rings. The minimum absolute atomic E-state index is 0.442. The molecule has 3 rings (SSSR count). The van der Waals surface area contributed by atoms with Crippen LogP contribution in [-0.2, 0) is 6.42 Å². The van der Waals surface area contributed by atoms with Crippen molar-refractivity contribution in [2.75, 3.05) is 17.2 Å². The number of anilines is 3. The first-order chi connectivity index (χ1) is 10.1. The fourth-order valence-corrected chi connectivity index (χ4v) is 2.93. The summed E-state index contributed by atoms with van der Waals surface area (Å²) in [6.45, 7) is 3.03. The fourth-order valence-electron chi connectivity index (χ4n) is 2.93. The van der Waals surface area contributed by atoms with Gasteiger partial charge in [-0.05, 0) is 49.6 Å². The largest absolute Gasteiger partial charge is 0.397 e. The molecule has 1 aliphatic rings. The summed E-state index contributed by atoms with van der Waals surface area (Å²) >= 11 is 0. The van der Waals surface area contributed by atoms with Crippen LogP contribution in [0.2, 0.25) is 0 Å². The molecule has 4 nitrogen and oxygen atoms in total. The number of nitrogen functional groups attached to an aromatic ring is 1. The van der Waals surface area contributed by atoms with Crippen molar-refractivity contribution in [1.29, 1.82) is 0 Å². The number of carbonyl (C=O) groups excluding carboxylic acids is 1. The number of nitrogens with zero attached hydrogens (tertiary/aromatic N) is 1. The van der Waals surface area contributed by atoms with Gasteiger partial charge >= 0.3 is 0 Å². The average Bonchev–Trinajstić information content (AvgIpc) is 2.46. The molecule has 1 amide bonds. The summed E-state index contributed by atoms with van der Waals surface area (Å²) < 4.78 is 0. The highest BCUT2D eigenvalue weighted by Gasteiger charge is 2.20. The first-order valence-corrected chi connectivity index (χ1v) is 7.12. The van der Waals surface area contributed by atoms with Gasteiger partial charge < -0.3 is 16.4 Å². The normalized spacial score (nSPS) is 13.9. The van der Waals surface area contributed by atoms with Crippen molar-refractivity contribution >= 4 is 23.0 Å². The van der Waals surface area contributed by atoms with Crippen molar-refractivity contribution in [2.24, 2.45) is 5.73 Å². The van der Waals surface area contributed by atoms with Gasteiger partial charge in [0.05, 0.1) is 11.4 Å². The molecule has 1 heterocycles. The van der Waals surface area contributed by atoms with E-state index in [2.05, 4.69) is 30.0 Å². The minimum Gasteiger partial charge on any atom is -0.397 e. The second-order valence-electron chi connectivity index (χ2n) is 5.53. The zero-order valence-electron chi connectivity index (χ0n) is 12.1. The van der Waals surface area contributed by atoms with Gasteiger partial charge in [-0.3, -0.25) is 4.79 Å². The molecule has 0 unspecified atom stereocenters. The lowest BCUT2D eigenvalue weighted by Crippen LogP contribution is -2.25. The predicted molar refractivity (Wildman–Crippen MR) is 85.9 cm³/mol. The van der Waals surface area contributed by atoms with E-state index in [-0.39, 0.29) is 0 Å². The van der Waals surface area contributed by atoms with Crippen LogP contribution in [-0.4, -0.2) is 12.5 Å². The Morgan fingerprint density at radius 3 is 2.62 bits per heavy atom. The van der Waals surface area contributed by atoms with Gasteiger partial charge in [0.1, 0.15) is 0 Å². The van der Waals surface area contributed by atoms with Crippen LogP contribution in [0.15, 0.2) is 36.4 Å². The first-order valence-electron chi connectivity index (χ1n) is 7.12. The van der Waals surface area contributed by atoms with Gasteiger partial charge in [-0.2, -0.15) is 0 Å². The minimum atomic E-state index is -0.456. The molecule has 4 N–H and O–H groups in total. The molecule has 108 valence electrons. The van der Waals surface area contributed by atoms with Crippen LogP contribution in [0, 0.1) is 6.92 Å². The third-order valence-corrected chi connectivity index (χ3v) is 3.96. The Morgan fingerprint density at radius 1 is 1.14 bits per heavy atom. The first kappa shape index (κ1) is 13.5. The van der Waals surface area contributed by atoms with Crippen molar-refractivity contribution in [3.05, 3.63) is 53.1 Å². The molecule has 2 aromatic rings. The Kier molecular flexibility index (Phi) is 3.29. The number of aryl methyl sites for hydroxylation is 2. The number of fused-ring (bicyclic) bond motifs is 1. The van der Waals surface area contributed by atoms with Gasteiger partial charge in [-0.15, -0.1) is 0 Å². The highest BCUT2D eigenvalue weighted by Crippen LogP contribution is 2.37. The summed E-state index contributed by atoms with van der Waals surface area (Å²) in [6, 6.07) is 11.8. The van der Waals surface area contributed by atoms with Crippen LogP contribution >= 0.6 is 0 Å². The van der Waals surface area contributed by atoms with E-state index < -0.39 is 5.91 Å². The number of amides is 1. The average molecular weight is 281 g/mol. The number of hydrogen-bond acceptors (Lipinski definition) is 3. The molecule has 0 saturated heterocycles. The van der Waals surface area contributed by atoms with Crippen LogP contribution in [0.4, 0.5) is 17.1 Å². The predicted octanol–water partition coefficient (Wildman–Crippen LogP) is 2.76. The van der Waals surface area contributed by atoms with E-state index >= 15 is 0 Å². The molecule has 1 aliphatic heterocycles. The van der Waals surface area contributed by atoms with Gasteiger partial charge in [0.25, 0.3) is 0 Å². The quantitative estimate of drug-likeness (QED) is 0.831. The Balaban J connectivity index is 2.05. The van der Waals surface area contributed by atoms with E-state index in [1.165, 1.54) is 16.8 Å². The highest BCUT2D eigenvalue weighted by atomic mass is 16.1. The smallest absolute Gasteiger partial charge is 0.248 e. The van der Waals surface area contributed by atoms with E-state index in [0.717, 1.165) is 25.1 Å². The molecular weight excluding hydrogens is 262 g/mol. The maximum absolute atomic E-state index is 11.2. The van der Waals surface area contributed by atoms with Crippen LogP contribution < -0.4 is 16.4 Å². The van der Waals surface area contributed by atoms with Crippen molar-refractivity contribution < 1.29 is 4.79 Å². The molecule has 4 heteroatoms. The van der Waals surface area contributed by atoms with Gasteiger partial charge in [0.15, 0.2) is 0 Å². The molecule has 0 saturated carbocycles. The monoisotopic (exact) mass is 281 g/mol. The number of nitrogens with two attached hydrogens (primary N) is 2. The Bertz CT molecular complexity index is 709. The van der Waals surface area contributed by atoms with Crippen LogP contribution in [0.5, 0.6) is 0 Å². The molecule has 0 atom stereocenters. The Hall–Kier alpha value is -2.49. The van der Waals surface area contributed by atoms with Gasteiger partial charge in [-0.25, -0.2) is 0 Å². The van der Waals surface area contributed by atoms with Crippen LogP contribution in [0.1, 0.15) is 27.9 Å². The number of rotatable bonds is 2. The SMILES string of the molecule is Cc1ccc2c(c1)CCCN2c1ccc(C(N)=O)cc1N. The van der Waals surface area contributed by atoms with E-state index in [9.17, 15) is 4.79 Å². The van der Waals surface area contributed by atoms with Crippen LogP contribution in [0.3, 0.4) is 0 Å². The third kappa shape index (κ3) is 2.44. The molecule has 0 aromatic heterocycles. The van der Waals surface area contributed by atoms with Crippen molar-refractivity contribution in [3.63, 3.8) is 0 Å². The third-order valence-electron chi connectivity index (χ3n) is 3.96. The molecule has 0 bridgehead atoms. The zero-order chi connectivity index (χ0) is 15.0. The summed E-state index contributed by atoms with van der Waals surface area (Å²) in [5, 5.41) is 0. The van der Waals surface area contributed by atoms with Crippen molar-refractivity contribution in [2.45, 2.75) is 19.8 Å². The number of benzene rings is 2. The lowest BCUT2D eigenvalue weighted by molar-refractivity contribution is 0.100. The van der Waals surface area contributed by atoms with Crippen molar-refractivity contribution in [1.82, 2.24) is 0 Å². The molecule has 0 aliphatic carbocycles. The van der Waals surface area contributed by atoms with Gasteiger partial charge in [0, 0.05) is 17.8 Å². The Morgan fingerprint density at radius 2 is 1.90 bits per heavy atom.